The van der Waals surface area contributed by atoms with Crippen molar-refractivity contribution >= 4 is 51.5 Å². The summed E-state index contributed by atoms with van der Waals surface area (Å²) in [5.74, 6) is 0.197. The number of hydrogen-bond acceptors (Lipinski definition) is 6. The number of nitrogens with one attached hydrogen (secondary N) is 2. The summed E-state index contributed by atoms with van der Waals surface area (Å²) in [6, 6.07) is 13.9. The first-order valence-electron chi connectivity index (χ1n) is 12.1. The summed E-state index contributed by atoms with van der Waals surface area (Å²) < 4.78 is 0. The summed E-state index contributed by atoms with van der Waals surface area (Å²) >= 11 is 1.04. The number of nitrogens with zero attached hydrogens (tertiary/aromatic N) is 2. The smallest absolute Gasteiger partial charge is 0.321 e. The first-order valence-corrected chi connectivity index (χ1v) is 13.1. The number of thioether (sulfide) groups is 1. The summed E-state index contributed by atoms with van der Waals surface area (Å²) in [5.41, 5.74) is 3.81. The number of amides is 3. The molecule has 0 saturated heterocycles. The second-order valence-corrected chi connectivity index (χ2v) is 10.2. The maximum Gasteiger partial charge on any atom is 0.321 e. The van der Waals surface area contributed by atoms with E-state index in [2.05, 4.69) is 10.6 Å². The van der Waals surface area contributed by atoms with Crippen molar-refractivity contribution in [2.75, 3.05) is 23.0 Å². The second-order valence-electron chi connectivity index (χ2n) is 9.24. The number of carbonyl (C=O) groups excluding carboxylic acids is 3. The van der Waals surface area contributed by atoms with E-state index >= 15 is 0 Å². The van der Waals surface area contributed by atoms with Gasteiger partial charge in [-0.15, -0.1) is 0 Å². The number of likely N-dealkylation sites (N-methyl/N-ethyl adjacent to an activating group) is 1. The highest BCUT2D eigenvalue weighted by Gasteiger charge is 2.33. The van der Waals surface area contributed by atoms with Gasteiger partial charge in [0.1, 0.15) is 5.76 Å². The van der Waals surface area contributed by atoms with E-state index in [4.69, 9.17) is 4.99 Å². The van der Waals surface area contributed by atoms with Crippen molar-refractivity contribution in [1.29, 1.82) is 0 Å². The minimum atomic E-state index is -1.07. The number of rotatable bonds is 4. The van der Waals surface area contributed by atoms with Crippen LogP contribution in [0.25, 0.3) is 5.57 Å². The third kappa shape index (κ3) is 4.75. The van der Waals surface area contributed by atoms with Crippen molar-refractivity contribution in [2.24, 2.45) is 10.9 Å². The predicted octanol–water partition coefficient (Wildman–Crippen LogP) is 4.72. The van der Waals surface area contributed by atoms with Crippen LogP contribution in [0, 0.1) is 5.92 Å². The van der Waals surface area contributed by atoms with E-state index < -0.39 is 12.2 Å². The molecule has 1 unspecified atom stereocenters. The van der Waals surface area contributed by atoms with Crippen molar-refractivity contribution in [2.45, 2.75) is 38.3 Å². The fourth-order valence-corrected chi connectivity index (χ4v) is 5.86. The molecule has 3 aliphatic rings. The Bertz CT molecular complexity index is 1280. The number of anilines is 2. The number of benzene rings is 2. The van der Waals surface area contributed by atoms with Gasteiger partial charge in [0.05, 0.1) is 22.7 Å². The number of aliphatic hydroxyl groups is 1. The Labute approximate surface area is 213 Å². The third-order valence-electron chi connectivity index (χ3n) is 6.88. The number of aliphatic hydroxyl groups excluding tert-OH is 1. The molecule has 3 N–H and O–H groups in total. The first kappa shape index (κ1) is 24.1. The number of aliphatic imine (C=N–C) groups is 1. The van der Waals surface area contributed by atoms with Crippen molar-refractivity contribution in [3.63, 3.8) is 0 Å². The molecule has 8 nitrogen and oxygen atoms in total. The van der Waals surface area contributed by atoms with Gasteiger partial charge in [0, 0.05) is 24.2 Å². The van der Waals surface area contributed by atoms with Crippen LogP contribution in [-0.2, 0) is 9.59 Å². The van der Waals surface area contributed by atoms with Crippen LogP contribution in [0.2, 0.25) is 0 Å². The molecule has 5 rings (SSSR count). The lowest BCUT2D eigenvalue weighted by atomic mass is 9.83. The summed E-state index contributed by atoms with van der Waals surface area (Å²) in [6.07, 6.45) is 4.40. The first-order chi connectivity index (χ1) is 17.4. The Morgan fingerprint density at radius 2 is 1.86 bits per heavy atom. The average molecular weight is 505 g/mol. The highest BCUT2D eigenvalue weighted by atomic mass is 32.2. The van der Waals surface area contributed by atoms with Gasteiger partial charge in [-0.1, -0.05) is 61.4 Å². The molecule has 0 aromatic heterocycles. The molecule has 0 radical (unpaired) electrons. The van der Waals surface area contributed by atoms with Gasteiger partial charge in [0.2, 0.25) is 11.3 Å². The van der Waals surface area contributed by atoms with Crippen LogP contribution in [0.15, 0.2) is 59.3 Å². The molecular formula is C27H28N4O4S. The molecule has 186 valence electrons. The molecule has 1 saturated carbocycles. The number of para-hydroxylation sites is 1. The van der Waals surface area contributed by atoms with Crippen LogP contribution >= 0.6 is 11.8 Å². The molecule has 2 aliphatic heterocycles. The van der Waals surface area contributed by atoms with Crippen molar-refractivity contribution in [3.05, 3.63) is 65.4 Å². The number of urea groups is 1. The Hall–Kier alpha value is -3.59. The largest absolute Gasteiger partial charge is 0.511 e. The van der Waals surface area contributed by atoms with E-state index in [1.54, 1.807) is 36.2 Å². The zero-order valence-electron chi connectivity index (χ0n) is 20.0. The van der Waals surface area contributed by atoms with Gasteiger partial charge in [-0.3, -0.25) is 14.6 Å². The molecule has 0 bridgehead atoms. The lowest BCUT2D eigenvalue weighted by molar-refractivity contribution is -0.119. The van der Waals surface area contributed by atoms with Gasteiger partial charge in [-0.25, -0.2) is 4.79 Å². The topological polar surface area (TPSA) is 111 Å². The van der Waals surface area contributed by atoms with Crippen LogP contribution in [-0.4, -0.2) is 46.8 Å². The number of fused-ring (bicyclic) bond motifs is 1. The van der Waals surface area contributed by atoms with E-state index in [1.165, 1.54) is 6.42 Å². The molecule has 9 heteroatoms. The van der Waals surface area contributed by atoms with Crippen LogP contribution in [0.3, 0.4) is 0 Å². The van der Waals surface area contributed by atoms with E-state index in [9.17, 15) is 19.5 Å². The number of hydrogen-bond donors (Lipinski definition) is 3. The maximum absolute atomic E-state index is 13.3. The molecule has 36 heavy (non-hydrogen) atoms. The average Bonchev–Trinajstić information content (AvgIpc) is 3.19. The zero-order chi connectivity index (χ0) is 25.2. The fraction of sp³-hybridized carbons (Fsp3) is 0.333. The predicted molar refractivity (Wildman–Crippen MR) is 142 cm³/mol. The van der Waals surface area contributed by atoms with Crippen LogP contribution in [0.1, 0.15) is 43.2 Å². The van der Waals surface area contributed by atoms with Gasteiger partial charge in [-0.05, 0) is 36.6 Å². The summed E-state index contributed by atoms with van der Waals surface area (Å²) in [5, 5.41) is 15.3. The molecule has 1 fully saturated rings. The highest BCUT2D eigenvalue weighted by Crippen LogP contribution is 2.34. The number of benzodiazepines with no additional fused rings is 1. The van der Waals surface area contributed by atoms with Crippen LogP contribution in [0.5, 0.6) is 0 Å². The van der Waals surface area contributed by atoms with Crippen LogP contribution < -0.4 is 15.5 Å². The molecule has 2 aromatic rings. The summed E-state index contributed by atoms with van der Waals surface area (Å²) in [4.78, 5) is 44.8. The molecule has 0 spiro atoms. The second kappa shape index (κ2) is 10.2. The summed E-state index contributed by atoms with van der Waals surface area (Å²) in [6.45, 7) is 0. The zero-order valence-corrected chi connectivity index (χ0v) is 20.8. The third-order valence-corrected chi connectivity index (χ3v) is 7.76. The minimum Gasteiger partial charge on any atom is -0.511 e. The summed E-state index contributed by atoms with van der Waals surface area (Å²) in [7, 11) is 1.70. The van der Waals surface area contributed by atoms with Crippen molar-refractivity contribution in [1.82, 2.24) is 5.32 Å². The molecule has 2 heterocycles. The Kier molecular flexibility index (Phi) is 6.82. The highest BCUT2D eigenvalue weighted by molar-refractivity contribution is 8.15. The van der Waals surface area contributed by atoms with E-state index in [1.807, 2.05) is 24.3 Å². The lowest BCUT2D eigenvalue weighted by Gasteiger charge is -2.25. The van der Waals surface area contributed by atoms with Gasteiger partial charge in [0.15, 0.2) is 0 Å². The fourth-order valence-electron chi connectivity index (χ4n) is 5.07. The van der Waals surface area contributed by atoms with Gasteiger partial charge in [0.25, 0.3) is 5.91 Å². The number of carbonyl (C=O) groups is 3. The van der Waals surface area contributed by atoms with Gasteiger partial charge >= 0.3 is 6.03 Å². The molecule has 1 atom stereocenters. The monoisotopic (exact) mass is 504 g/mol. The molecule has 1 aliphatic carbocycles. The van der Waals surface area contributed by atoms with Gasteiger partial charge < -0.3 is 20.6 Å². The van der Waals surface area contributed by atoms with Crippen molar-refractivity contribution < 1.29 is 19.5 Å². The maximum atomic E-state index is 13.3. The lowest BCUT2D eigenvalue weighted by Crippen LogP contribution is -2.47. The molecular weight excluding hydrogens is 476 g/mol. The standard InChI is InChI=1S/C27H28N4O4S/c1-31-20-13-6-5-12-19(20)23(16-8-3-2-4-9-16)29-24(25(31)33)30-27(35)28-18-11-7-10-17(14-18)22-21(32)15-36-26(22)34/h5-7,10-14,16,24,32H,2-4,8-9,15H2,1H3,(H2,28,30,35). The van der Waals surface area contributed by atoms with E-state index in [-0.39, 0.29) is 34.0 Å². The molecule has 3 amide bonds. The van der Waals surface area contributed by atoms with Gasteiger partial charge in [-0.2, -0.15) is 0 Å². The van der Waals surface area contributed by atoms with E-state index in [0.29, 0.717) is 11.3 Å². The SMILES string of the molecule is CN1C(=O)C(NC(=O)Nc2cccc(C3=C(O)CSC3=O)c2)N=C(C2CCCCC2)c2ccccc21. The Balaban J connectivity index is 1.39. The normalized spacial score (nSPS) is 20.6. The van der Waals surface area contributed by atoms with Crippen molar-refractivity contribution in [3.8, 4) is 0 Å². The van der Waals surface area contributed by atoms with Crippen LogP contribution in [0.4, 0.5) is 16.2 Å². The Morgan fingerprint density at radius 1 is 1.08 bits per heavy atom. The van der Waals surface area contributed by atoms with E-state index in [0.717, 1.165) is 54.4 Å². The Morgan fingerprint density at radius 3 is 2.61 bits per heavy atom. The minimum absolute atomic E-state index is 0.0304. The quantitative estimate of drug-likeness (QED) is 0.558. The molecule has 2 aromatic carbocycles.